The van der Waals surface area contributed by atoms with E-state index in [9.17, 15) is 9.59 Å². The van der Waals surface area contributed by atoms with E-state index < -0.39 is 11.6 Å². The zero-order valence-corrected chi connectivity index (χ0v) is 14.9. The second kappa shape index (κ2) is 6.27. The van der Waals surface area contributed by atoms with E-state index in [4.69, 9.17) is 9.15 Å². The largest absolute Gasteiger partial charge is 0.423 e. The average Bonchev–Trinajstić information content (AvgIpc) is 3.04. The molecule has 2 heterocycles. The van der Waals surface area contributed by atoms with Gasteiger partial charge in [0.25, 0.3) is 0 Å². The molecule has 0 radical (unpaired) electrons. The Balaban J connectivity index is 1.66. The van der Waals surface area contributed by atoms with Crippen molar-refractivity contribution in [3.63, 3.8) is 0 Å². The standard InChI is InChI=1S/C19H14N2O4S/c1-21(2)19-20-14-8-7-12(10-16(14)26-19)24-17(22)13-9-11-5-3-4-6-15(11)25-18(13)23/h3-10H,1-2H3. The molecule has 2 aromatic heterocycles. The van der Waals surface area contributed by atoms with Gasteiger partial charge in [0.05, 0.1) is 10.2 Å². The van der Waals surface area contributed by atoms with Gasteiger partial charge >= 0.3 is 11.6 Å². The fraction of sp³-hybridized carbons (Fsp3) is 0.105. The van der Waals surface area contributed by atoms with E-state index in [-0.39, 0.29) is 5.56 Å². The van der Waals surface area contributed by atoms with Gasteiger partial charge in [-0.25, -0.2) is 14.6 Å². The SMILES string of the molecule is CN(C)c1nc2ccc(OC(=O)c3cc4ccccc4oc3=O)cc2s1. The first-order valence-corrected chi connectivity index (χ1v) is 8.66. The molecule has 0 aliphatic heterocycles. The summed E-state index contributed by atoms with van der Waals surface area (Å²) in [7, 11) is 3.83. The Hall–Kier alpha value is -3.19. The molecule has 2 aromatic carbocycles. The third-order valence-corrected chi connectivity index (χ3v) is 4.99. The second-order valence-corrected chi connectivity index (χ2v) is 6.90. The Labute approximate surface area is 152 Å². The minimum atomic E-state index is -0.749. The summed E-state index contributed by atoms with van der Waals surface area (Å²) in [5.74, 6) is -0.398. The molecule has 4 rings (SSSR count). The zero-order valence-electron chi connectivity index (χ0n) is 14.1. The number of benzene rings is 2. The normalized spacial score (nSPS) is 11.0. The van der Waals surface area contributed by atoms with E-state index in [0.29, 0.717) is 16.7 Å². The predicted molar refractivity (Wildman–Crippen MR) is 101 cm³/mol. The number of aromatic nitrogens is 1. The fourth-order valence-corrected chi connectivity index (χ4v) is 3.43. The number of fused-ring (bicyclic) bond motifs is 2. The average molecular weight is 366 g/mol. The maximum Gasteiger partial charge on any atom is 0.351 e. The lowest BCUT2D eigenvalue weighted by molar-refractivity contribution is 0.0731. The molecule has 0 fully saturated rings. The van der Waals surface area contributed by atoms with Gasteiger partial charge in [-0.05, 0) is 24.3 Å². The van der Waals surface area contributed by atoms with Crippen LogP contribution in [-0.4, -0.2) is 25.0 Å². The third-order valence-electron chi connectivity index (χ3n) is 3.80. The van der Waals surface area contributed by atoms with Gasteiger partial charge in [-0.2, -0.15) is 0 Å². The lowest BCUT2D eigenvalue weighted by atomic mass is 10.2. The maximum atomic E-state index is 12.4. The molecule has 7 heteroatoms. The third kappa shape index (κ3) is 2.93. The van der Waals surface area contributed by atoms with Gasteiger partial charge < -0.3 is 14.1 Å². The highest BCUT2D eigenvalue weighted by molar-refractivity contribution is 7.22. The summed E-state index contributed by atoms with van der Waals surface area (Å²) < 4.78 is 11.4. The lowest BCUT2D eigenvalue weighted by Crippen LogP contribution is -2.18. The fourth-order valence-electron chi connectivity index (χ4n) is 2.51. The first-order valence-electron chi connectivity index (χ1n) is 7.84. The summed E-state index contributed by atoms with van der Waals surface area (Å²) >= 11 is 1.49. The highest BCUT2D eigenvalue weighted by atomic mass is 32.1. The van der Waals surface area contributed by atoms with E-state index in [0.717, 1.165) is 15.3 Å². The van der Waals surface area contributed by atoms with Crippen LogP contribution in [0, 0.1) is 0 Å². The van der Waals surface area contributed by atoms with Crippen LogP contribution < -0.4 is 15.3 Å². The van der Waals surface area contributed by atoms with Gasteiger partial charge in [0.1, 0.15) is 16.9 Å². The van der Waals surface area contributed by atoms with Crippen LogP contribution in [-0.2, 0) is 0 Å². The number of anilines is 1. The maximum absolute atomic E-state index is 12.4. The van der Waals surface area contributed by atoms with Crippen LogP contribution in [0.2, 0.25) is 0 Å². The minimum absolute atomic E-state index is 0.137. The molecule has 0 bridgehead atoms. The monoisotopic (exact) mass is 366 g/mol. The topological polar surface area (TPSA) is 72.6 Å². The number of hydrogen-bond acceptors (Lipinski definition) is 7. The molecule has 0 saturated carbocycles. The predicted octanol–water partition coefficient (Wildman–Crippen LogP) is 3.69. The number of thiazole rings is 1. The van der Waals surface area contributed by atoms with Crippen LogP contribution in [0.15, 0.2) is 57.7 Å². The van der Waals surface area contributed by atoms with Gasteiger partial charge in [-0.3, -0.25) is 0 Å². The minimum Gasteiger partial charge on any atom is -0.423 e. The molecule has 0 N–H and O–H groups in total. The van der Waals surface area contributed by atoms with Crippen molar-refractivity contribution in [2.75, 3.05) is 19.0 Å². The van der Waals surface area contributed by atoms with E-state index in [1.165, 1.54) is 17.4 Å². The number of para-hydroxylation sites is 1. The second-order valence-electron chi connectivity index (χ2n) is 5.90. The molecular weight excluding hydrogens is 352 g/mol. The van der Waals surface area contributed by atoms with Crippen molar-refractivity contribution in [1.82, 2.24) is 4.98 Å². The van der Waals surface area contributed by atoms with Crippen molar-refractivity contribution in [3.8, 4) is 5.75 Å². The van der Waals surface area contributed by atoms with Gasteiger partial charge in [0.15, 0.2) is 5.13 Å². The smallest absolute Gasteiger partial charge is 0.351 e. The van der Waals surface area contributed by atoms with Crippen molar-refractivity contribution in [2.45, 2.75) is 0 Å². The van der Waals surface area contributed by atoms with Crippen LogP contribution in [0.3, 0.4) is 0 Å². The highest BCUT2D eigenvalue weighted by Crippen LogP contribution is 2.30. The molecular formula is C19H14N2O4S. The van der Waals surface area contributed by atoms with Crippen LogP contribution in [0.4, 0.5) is 5.13 Å². The van der Waals surface area contributed by atoms with Crippen molar-refractivity contribution in [1.29, 1.82) is 0 Å². The molecule has 0 aliphatic rings. The summed E-state index contributed by atoms with van der Waals surface area (Å²) in [5, 5.41) is 1.52. The number of carbonyl (C=O) groups excluding carboxylic acids is 1. The Morgan fingerprint density at radius 2 is 1.96 bits per heavy atom. The van der Waals surface area contributed by atoms with Crippen molar-refractivity contribution in [3.05, 3.63) is 64.5 Å². The molecule has 26 heavy (non-hydrogen) atoms. The van der Waals surface area contributed by atoms with Gasteiger partial charge in [0.2, 0.25) is 0 Å². The number of esters is 1. The van der Waals surface area contributed by atoms with E-state index in [1.807, 2.05) is 19.0 Å². The van der Waals surface area contributed by atoms with Crippen LogP contribution in [0.5, 0.6) is 5.75 Å². The van der Waals surface area contributed by atoms with E-state index in [2.05, 4.69) is 4.98 Å². The molecule has 0 unspecified atom stereocenters. The van der Waals surface area contributed by atoms with Gasteiger partial charge in [-0.1, -0.05) is 29.5 Å². The molecule has 0 saturated heterocycles. The van der Waals surface area contributed by atoms with E-state index >= 15 is 0 Å². The highest BCUT2D eigenvalue weighted by Gasteiger charge is 2.17. The molecule has 130 valence electrons. The van der Waals surface area contributed by atoms with Gasteiger partial charge in [-0.15, -0.1) is 0 Å². The van der Waals surface area contributed by atoms with Crippen LogP contribution >= 0.6 is 11.3 Å². The van der Waals surface area contributed by atoms with Gasteiger partial charge in [0, 0.05) is 25.5 Å². The number of carbonyl (C=O) groups is 1. The van der Waals surface area contributed by atoms with Crippen molar-refractivity contribution >= 4 is 43.6 Å². The summed E-state index contributed by atoms with van der Waals surface area (Å²) in [6.45, 7) is 0. The van der Waals surface area contributed by atoms with E-state index in [1.54, 1.807) is 42.5 Å². The lowest BCUT2D eigenvalue weighted by Gasteiger charge is -2.04. The van der Waals surface area contributed by atoms with Crippen molar-refractivity contribution < 1.29 is 13.9 Å². The Morgan fingerprint density at radius 1 is 1.15 bits per heavy atom. The van der Waals surface area contributed by atoms with Crippen molar-refractivity contribution in [2.24, 2.45) is 0 Å². The quantitative estimate of drug-likeness (QED) is 0.313. The first-order chi connectivity index (χ1) is 12.5. The molecule has 0 aliphatic carbocycles. The molecule has 0 amide bonds. The molecule has 0 spiro atoms. The Morgan fingerprint density at radius 3 is 2.77 bits per heavy atom. The zero-order chi connectivity index (χ0) is 18.3. The number of ether oxygens (including phenoxy) is 1. The summed E-state index contributed by atoms with van der Waals surface area (Å²) in [5.41, 5.74) is 0.393. The Kier molecular flexibility index (Phi) is 3.93. The van der Waals surface area contributed by atoms with Crippen LogP contribution in [0.25, 0.3) is 21.2 Å². The number of nitrogens with zero attached hydrogens (tertiary/aromatic N) is 2. The number of rotatable bonds is 3. The van der Waals surface area contributed by atoms with Crippen LogP contribution in [0.1, 0.15) is 10.4 Å². The first kappa shape index (κ1) is 16.3. The summed E-state index contributed by atoms with van der Waals surface area (Å²) in [6.07, 6.45) is 0. The molecule has 4 aromatic rings. The summed E-state index contributed by atoms with van der Waals surface area (Å²) in [4.78, 5) is 30.9. The number of hydrogen-bond donors (Lipinski definition) is 0. The molecule has 6 nitrogen and oxygen atoms in total. The summed E-state index contributed by atoms with van der Waals surface area (Å²) in [6, 6.07) is 13.7. The molecule has 0 atom stereocenters. The Bertz CT molecular complexity index is 1190.